The lowest BCUT2D eigenvalue weighted by molar-refractivity contribution is 0.0698. The van der Waals surface area contributed by atoms with Crippen molar-refractivity contribution < 1.29 is 19.0 Å². The quantitative estimate of drug-likeness (QED) is 0.847. The van der Waals surface area contributed by atoms with Gasteiger partial charge in [-0.05, 0) is 24.3 Å². The van der Waals surface area contributed by atoms with E-state index in [0.717, 1.165) is 6.07 Å². The van der Waals surface area contributed by atoms with Gasteiger partial charge in [-0.25, -0.2) is 9.18 Å². The molecule has 0 saturated heterocycles. The number of benzene rings is 2. The van der Waals surface area contributed by atoms with Crippen molar-refractivity contribution in [3.8, 4) is 5.75 Å². The monoisotopic (exact) mass is 290 g/mol. The number of nitrogens with zero attached hydrogens (tertiary/aromatic N) is 1. The summed E-state index contributed by atoms with van der Waals surface area (Å²) in [4.78, 5) is 13.0. The van der Waals surface area contributed by atoms with E-state index in [1.807, 2.05) is 0 Å². The summed E-state index contributed by atoms with van der Waals surface area (Å²) in [5, 5.41) is 9.29. The molecule has 3 N–H and O–H groups in total. The molecule has 0 unspecified atom stereocenters. The van der Waals surface area contributed by atoms with Crippen LogP contribution in [0.1, 0.15) is 10.4 Å². The molecule has 21 heavy (non-hydrogen) atoms. The van der Waals surface area contributed by atoms with E-state index in [4.69, 9.17) is 10.5 Å². The van der Waals surface area contributed by atoms with Crippen molar-refractivity contribution in [1.29, 1.82) is 0 Å². The van der Waals surface area contributed by atoms with E-state index >= 15 is 0 Å². The van der Waals surface area contributed by atoms with Gasteiger partial charge in [-0.15, -0.1) is 0 Å². The van der Waals surface area contributed by atoms with Crippen LogP contribution in [0.25, 0.3) is 0 Å². The zero-order chi connectivity index (χ0) is 15.6. The molecule has 0 aromatic heterocycles. The van der Waals surface area contributed by atoms with Crippen LogP contribution in [-0.2, 0) is 0 Å². The molecule has 0 fully saturated rings. The molecule has 0 amide bonds. The van der Waals surface area contributed by atoms with E-state index in [0.29, 0.717) is 11.4 Å². The second kappa shape index (κ2) is 5.70. The minimum atomic E-state index is -1.29. The van der Waals surface area contributed by atoms with Crippen LogP contribution >= 0.6 is 0 Å². The standard InChI is InChI=1S/C15H15FN2O3/c1-18(10-5-3-4-6-12(10)21-2)11-8-7-9(16)14(17)13(11)15(19)20/h3-8H,17H2,1-2H3,(H,19,20). The number of hydrogen-bond donors (Lipinski definition) is 2. The fourth-order valence-corrected chi connectivity index (χ4v) is 2.12. The molecule has 2 aromatic carbocycles. The normalized spacial score (nSPS) is 10.2. The number of para-hydroxylation sites is 2. The van der Waals surface area contributed by atoms with E-state index in [-0.39, 0.29) is 16.9 Å². The van der Waals surface area contributed by atoms with Crippen LogP contribution in [0, 0.1) is 5.82 Å². The molecule has 0 aliphatic rings. The van der Waals surface area contributed by atoms with Gasteiger partial charge in [-0.1, -0.05) is 12.1 Å². The van der Waals surface area contributed by atoms with Crippen LogP contribution in [0.15, 0.2) is 36.4 Å². The third-order valence-electron chi connectivity index (χ3n) is 3.19. The van der Waals surface area contributed by atoms with Crippen molar-refractivity contribution in [3.05, 3.63) is 47.8 Å². The van der Waals surface area contributed by atoms with Gasteiger partial charge in [0.25, 0.3) is 0 Å². The highest BCUT2D eigenvalue weighted by Crippen LogP contribution is 2.36. The molecule has 110 valence electrons. The van der Waals surface area contributed by atoms with E-state index < -0.39 is 11.8 Å². The van der Waals surface area contributed by atoms with Crippen LogP contribution in [0.4, 0.5) is 21.5 Å². The Morgan fingerprint density at radius 3 is 2.52 bits per heavy atom. The molecule has 0 heterocycles. The summed E-state index contributed by atoms with van der Waals surface area (Å²) >= 11 is 0. The van der Waals surface area contributed by atoms with Crippen molar-refractivity contribution in [2.75, 3.05) is 24.8 Å². The maximum absolute atomic E-state index is 13.5. The first-order chi connectivity index (χ1) is 9.97. The van der Waals surface area contributed by atoms with Crippen molar-refractivity contribution in [2.24, 2.45) is 0 Å². The summed E-state index contributed by atoms with van der Waals surface area (Å²) in [6.45, 7) is 0. The Morgan fingerprint density at radius 1 is 1.24 bits per heavy atom. The predicted octanol–water partition coefficient (Wildman–Crippen LogP) is 2.88. The van der Waals surface area contributed by atoms with E-state index in [2.05, 4.69) is 0 Å². The Kier molecular flexibility index (Phi) is 3.98. The number of carboxylic acids is 1. The Bertz CT molecular complexity index is 689. The number of nitrogens with two attached hydrogens (primary N) is 1. The van der Waals surface area contributed by atoms with Gasteiger partial charge in [-0.3, -0.25) is 0 Å². The van der Waals surface area contributed by atoms with Gasteiger partial charge in [0.05, 0.1) is 24.2 Å². The average Bonchev–Trinajstić information content (AvgIpc) is 2.48. The second-order valence-corrected chi connectivity index (χ2v) is 4.39. The van der Waals surface area contributed by atoms with Crippen LogP contribution in [-0.4, -0.2) is 25.2 Å². The first kappa shape index (κ1) is 14.6. The molecule has 5 nitrogen and oxygen atoms in total. The van der Waals surface area contributed by atoms with Gasteiger partial charge in [0, 0.05) is 7.05 Å². The lowest BCUT2D eigenvalue weighted by atomic mass is 10.1. The first-order valence-corrected chi connectivity index (χ1v) is 6.15. The minimum absolute atomic E-state index is 0.275. The number of carboxylic acid groups (broad SMARTS) is 1. The molecule has 0 saturated carbocycles. The number of carbonyl (C=O) groups is 1. The first-order valence-electron chi connectivity index (χ1n) is 6.15. The van der Waals surface area contributed by atoms with Crippen LogP contribution < -0.4 is 15.4 Å². The largest absolute Gasteiger partial charge is 0.495 e. The lowest BCUT2D eigenvalue weighted by Crippen LogP contribution is -2.17. The van der Waals surface area contributed by atoms with Crippen LogP contribution in [0.2, 0.25) is 0 Å². The minimum Gasteiger partial charge on any atom is -0.495 e. The number of ether oxygens (including phenoxy) is 1. The predicted molar refractivity (Wildman–Crippen MR) is 78.8 cm³/mol. The van der Waals surface area contributed by atoms with Crippen LogP contribution in [0.5, 0.6) is 5.75 Å². The Labute approximate surface area is 121 Å². The van der Waals surface area contributed by atoms with E-state index in [1.54, 1.807) is 36.2 Å². The molecule has 0 atom stereocenters. The molecule has 2 aromatic rings. The van der Waals surface area contributed by atoms with Gasteiger partial charge in [0.2, 0.25) is 0 Å². The molecule has 0 aliphatic carbocycles. The Balaban J connectivity index is 2.61. The topological polar surface area (TPSA) is 75.8 Å². The molecule has 2 rings (SSSR count). The van der Waals surface area contributed by atoms with Crippen molar-refractivity contribution in [3.63, 3.8) is 0 Å². The Hall–Kier alpha value is -2.76. The number of hydrogen-bond acceptors (Lipinski definition) is 4. The summed E-state index contributed by atoms with van der Waals surface area (Å²) in [5.41, 5.74) is 5.83. The number of anilines is 3. The highest BCUT2D eigenvalue weighted by molar-refractivity contribution is 6.01. The Morgan fingerprint density at radius 2 is 1.90 bits per heavy atom. The highest BCUT2D eigenvalue weighted by atomic mass is 19.1. The number of nitrogen functional groups attached to an aromatic ring is 1. The summed E-state index contributed by atoms with van der Waals surface area (Å²) in [6.07, 6.45) is 0. The fourth-order valence-electron chi connectivity index (χ4n) is 2.12. The van der Waals surface area contributed by atoms with E-state index in [1.165, 1.54) is 13.2 Å². The molecular formula is C15H15FN2O3. The summed E-state index contributed by atoms with van der Waals surface area (Å²) < 4.78 is 18.7. The SMILES string of the molecule is COc1ccccc1N(C)c1ccc(F)c(N)c1C(=O)O. The summed E-state index contributed by atoms with van der Waals surface area (Å²) in [7, 11) is 3.18. The maximum Gasteiger partial charge on any atom is 0.340 e. The zero-order valence-electron chi connectivity index (χ0n) is 11.6. The van der Waals surface area contributed by atoms with Gasteiger partial charge >= 0.3 is 5.97 Å². The van der Waals surface area contributed by atoms with Crippen molar-refractivity contribution in [1.82, 2.24) is 0 Å². The van der Waals surface area contributed by atoms with Crippen LogP contribution in [0.3, 0.4) is 0 Å². The average molecular weight is 290 g/mol. The fraction of sp³-hybridized carbons (Fsp3) is 0.133. The highest BCUT2D eigenvalue weighted by Gasteiger charge is 2.21. The number of methoxy groups -OCH3 is 1. The number of halogens is 1. The van der Waals surface area contributed by atoms with Gasteiger partial charge in [0.15, 0.2) is 0 Å². The number of aromatic carboxylic acids is 1. The van der Waals surface area contributed by atoms with E-state index in [9.17, 15) is 14.3 Å². The molecule has 0 bridgehead atoms. The second-order valence-electron chi connectivity index (χ2n) is 4.39. The van der Waals surface area contributed by atoms with Gasteiger partial charge in [0.1, 0.15) is 17.1 Å². The van der Waals surface area contributed by atoms with Crippen molar-refractivity contribution >= 4 is 23.0 Å². The molecule has 0 aliphatic heterocycles. The van der Waals surface area contributed by atoms with Gasteiger partial charge in [-0.2, -0.15) is 0 Å². The molecule has 6 heteroatoms. The summed E-state index contributed by atoms with van der Waals surface area (Å²) in [6, 6.07) is 9.63. The van der Waals surface area contributed by atoms with Gasteiger partial charge < -0.3 is 20.5 Å². The van der Waals surface area contributed by atoms with Crippen molar-refractivity contribution in [2.45, 2.75) is 0 Å². The maximum atomic E-state index is 13.5. The third-order valence-corrected chi connectivity index (χ3v) is 3.19. The summed E-state index contributed by atoms with van der Waals surface area (Å²) in [5.74, 6) is -1.48. The molecular weight excluding hydrogens is 275 g/mol. The number of rotatable bonds is 4. The lowest BCUT2D eigenvalue weighted by Gasteiger charge is -2.24. The zero-order valence-corrected chi connectivity index (χ0v) is 11.6. The molecule has 0 radical (unpaired) electrons. The molecule has 0 spiro atoms. The smallest absolute Gasteiger partial charge is 0.340 e. The third kappa shape index (κ3) is 2.60.